The number of nitro groups is 1. The number of halogens is 4. The zero-order valence-electron chi connectivity index (χ0n) is 13.1. The molecule has 0 bridgehead atoms. The molecule has 0 heterocycles. The van der Waals surface area contributed by atoms with Crippen LogP contribution in [-0.2, 0) is 0 Å². The van der Waals surface area contributed by atoms with Gasteiger partial charge in [0.2, 0.25) is 0 Å². The van der Waals surface area contributed by atoms with Gasteiger partial charge in [0, 0.05) is 28.6 Å². The number of nitrogens with zero attached hydrogens (tertiary/aromatic N) is 1. The van der Waals surface area contributed by atoms with Gasteiger partial charge in [-0.05, 0) is 24.6 Å². The molecule has 0 atom stereocenters. The van der Waals surface area contributed by atoms with E-state index in [2.05, 4.69) is 4.18 Å². The number of non-ortho nitro benzene ring substituents is 1. The first-order chi connectivity index (χ1) is 12.0. The molecular formula is C15H11F4N3O3S. The summed E-state index contributed by atoms with van der Waals surface area (Å²) in [6.07, 6.45) is 0. The maximum atomic E-state index is 14.2. The number of anilines is 1. The van der Waals surface area contributed by atoms with E-state index in [1.54, 1.807) is 0 Å². The molecule has 2 aromatic rings. The highest BCUT2D eigenvalue weighted by Crippen LogP contribution is 2.41. The van der Waals surface area contributed by atoms with Crippen molar-refractivity contribution in [3.05, 3.63) is 51.8 Å². The zero-order chi connectivity index (χ0) is 19.6. The summed E-state index contributed by atoms with van der Waals surface area (Å²) in [5.74, 6) is -2.13. The van der Waals surface area contributed by atoms with Gasteiger partial charge in [-0.3, -0.25) is 10.1 Å². The quantitative estimate of drug-likeness (QED) is 0.189. The highest BCUT2D eigenvalue weighted by molar-refractivity contribution is 7.95. The molecule has 0 radical (unpaired) electrons. The number of benzene rings is 2. The summed E-state index contributed by atoms with van der Waals surface area (Å²) < 4.78 is 55.9. The molecule has 2 aromatic carbocycles. The van der Waals surface area contributed by atoms with Crippen LogP contribution in [0.2, 0.25) is 0 Å². The number of hydrogen-bond donors (Lipinski definition) is 2. The maximum absolute atomic E-state index is 14.2. The van der Waals surface area contributed by atoms with E-state index in [4.69, 9.17) is 11.1 Å². The van der Waals surface area contributed by atoms with E-state index in [0.29, 0.717) is 6.07 Å². The SMILES string of the molecule is CC(=N)c1cc(-c2cc([N+](=O)[O-])cc(F)c2OSC(F)(F)F)ccc1N. The van der Waals surface area contributed by atoms with Crippen LogP contribution in [0.15, 0.2) is 30.3 Å². The fraction of sp³-hybridized carbons (Fsp3) is 0.133. The minimum absolute atomic E-state index is 0.0578. The van der Waals surface area contributed by atoms with E-state index in [0.717, 1.165) is 6.07 Å². The van der Waals surface area contributed by atoms with Crippen molar-refractivity contribution >= 4 is 29.1 Å². The summed E-state index contributed by atoms with van der Waals surface area (Å²) in [5.41, 5.74) is 0.638. The molecule has 0 saturated carbocycles. The smallest absolute Gasteiger partial charge is 0.413 e. The lowest BCUT2D eigenvalue weighted by molar-refractivity contribution is -0.385. The molecule has 0 spiro atoms. The normalized spacial score (nSPS) is 11.3. The molecule has 26 heavy (non-hydrogen) atoms. The van der Waals surface area contributed by atoms with Crippen LogP contribution in [0.1, 0.15) is 12.5 Å². The monoisotopic (exact) mass is 389 g/mol. The van der Waals surface area contributed by atoms with E-state index >= 15 is 0 Å². The molecule has 0 fully saturated rings. The number of hydrogen-bond acceptors (Lipinski definition) is 6. The first-order valence-electron chi connectivity index (χ1n) is 6.85. The van der Waals surface area contributed by atoms with Crippen LogP contribution in [0.25, 0.3) is 11.1 Å². The number of nitrogens with two attached hydrogens (primary N) is 1. The Bertz CT molecular complexity index is 887. The van der Waals surface area contributed by atoms with Crippen LogP contribution in [0.5, 0.6) is 5.75 Å². The first-order valence-corrected chi connectivity index (χ1v) is 7.59. The molecule has 138 valence electrons. The molecule has 0 aliphatic rings. The van der Waals surface area contributed by atoms with Crippen molar-refractivity contribution in [3.8, 4) is 16.9 Å². The number of rotatable bonds is 5. The third kappa shape index (κ3) is 4.42. The van der Waals surface area contributed by atoms with Crippen molar-refractivity contribution in [3.63, 3.8) is 0 Å². The third-order valence-electron chi connectivity index (χ3n) is 3.23. The first kappa shape index (κ1) is 19.5. The van der Waals surface area contributed by atoms with Crippen LogP contribution in [0.4, 0.5) is 28.9 Å². The van der Waals surface area contributed by atoms with Gasteiger partial charge in [-0.2, -0.15) is 13.2 Å². The Morgan fingerprint density at radius 3 is 2.50 bits per heavy atom. The summed E-state index contributed by atoms with van der Waals surface area (Å²) in [6, 6.07) is 5.38. The van der Waals surface area contributed by atoms with E-state index < -0.39 is 39.7 Å². The van der Waals surface area contributed by atoms with E-state index in [1.165, 1.54) is 25.1 Å². The fourth-order valence-electron chi connectivity index (χ4n) is 2.12. The molecule has 2 rings (SSSR count). The van der Waals surface area contributed by atoms with Gasteiger partial charge < -0.3 is 15.3 Å². The number of nitrogen functional groups attached to an aromatic ring is 1. The molecule has 6 nitrogen and oxygen atoms in total. The number of nitro benzene ring substituents is 1. The maximum Gasteiger partial charge on any atom is 0.479 e. The van der Waals surface area contributed by atoms with Crippen molar-refractivity contribution in [2.75, 3.05) is 5.73 Å². The second-order valence-electron chi connectivity index (χ2n) is 5.10. The van der Waals surface area contributed by atoms with Crippen molar-refractivity contribution in [2.45, 2.75) is 12.4 Å². The Kier molecular flexibility index (Phi) is 5.40. The molecule has 0 aromatic heterocycles. The van der Waals surface area contributed by atoms with Crippen LogP contribution in [0.3, 0.4) is 0 Å². The lowest BCUT2D eigenvalue weighted by atomic mass is 9.98. The van der Waals surface area contributed by atoms with Gasteiger partial charge in [0.25, 0.3) is 5.69 Å². The summed E-state index contributed by atoms with van der Waals surface area (Å²) >= 11 is -0.939. The summed E-state index contributed by atoms with van der Waals surface area (Å²) in [7, 11) is 0. The predicted molar refractivity (Wildman–Crippen MR) is 89.7 cm³/mol. The second-order valence-corrected chi connectivity index (χ2v) is 5.90. The lowest BCUT2D eigenvalue weighted by Crippen LogP contribution is -2.05. The molecule has 11 heteroatoms. The van der Waals surface area contributed by atoms with Crippen LogP contribution < -0.4 is 9.92 Å². The largest absolute Gasteiger partial charge is 0.479 e. The molecular weight excluding hydrogens is 378 g/mol. The van der Waals surface area contributed by atoms with Gasteiger partial charge in [0.05, 0.1) is 11.0 Å². The molecule has 0 amide bonds. The van der Waals surface area contributed by atoms with Crippen molar-refractivity contribution in [1.82, 2.24) is 0 Å². The van der Waals surface area contributed by atoms with Crippen LogP contribution in [-0.4, -0.2) is 16.1 Å². The van der Waals surface area contributed by atoms with Gasteiger partial charge in [-0.1, -0.05) is 6.07 Å². The van der Waals surface area contributed by atoms with Gasteiger partial charge in [-0.25, -0.2) is 4.39 Å². The summed E-state index contributed by atoms with van der Waals surface area (Å²) in [5, 5.41) is 18.6. The lowest BCUT2D eigenvalue weighted by Gasteiger charge is -2.14. The van der Waals surface area contributed by atoms with Crippen molar-refractivity contribution < 1.29 is 26.7 Å². The van der Waals surface area contributed by atoms with E-state index in [-0.39, 0.29) is 28.1 Å². The van der Waals surface area contributed by atoms with Crippen molar-refractivity contribution in [1.29, 1.82) is 5.41 Å². The average Bonchev–Trinajstić information content (AvgIpc) is 2.52. The molecule has 3 N–H and O–H groups in total. The van der Waals surface area contributed by atoms with E-state index in [1.807, 2.05) is 0 Å². The third-order valence-corrected chi connectivity index (χ3v) is 3.67. The topological polar surface area (TPSA) is 102 Å². The predicted octanol–water partition coefficient (Wildman–Crippen LogP) is 4.92. The Morgan fingerprint density at radius 1 is 1.31 bits per heavy atom. The second kappa shape index (κ2) is 7.20. The van der Waals surface area contributed by atoms with Gasteiger partial charge in [0.1, 0.15) is 0 Å². The number of alkyl halides is 3. The Labute approximate surface area is 148 Å². The standard InChI is InChI=1S/C15H11F4N3O3S/c1-7(20)10-4-8(2-3-13(10)21)11-5-9(22(23)24)6-12(16)14(11)25-26-15(17,18)19/h2-6,20H,21H2,1H3. The van der Waals surface area contributed by atoms with Gasteiger partial charge >= 0.3 is 5.51 Å². The van der Waals surface area contributed by atoms with Crippen LogP contribution in [0, 0.1) is 21.3 Å². The number of nitrogens with one attached hydrogen (secondary N) is 1. The average molecular weight is 389 g/mol. The Morgan fingerprint density at radius 2 is 1.96 bits per heavy atom. The molecule has 0 unspecified atom stereocenters. The van der Waals surface area contributed by atoms with Gasteiger partial charge in [0.15, 0.2) is 23.6 Å². The highest BCUT2D eigenvalue weighted by atomic mass is 32.2. The zero-order valence-corrected chi connectivity index (χ0v) is 13.9. The molecule has 0 aliphatic carbocycles. The highest BCUT2D eigenvalue weighted by Gasteiger charge is 2.33. The van der Waals surface area contributed by atoms with Crippen molar-refractivity contribution in [2.24, 2.45) is 0 Å². The molecule has 0 saturated heterocycles. The Hall–Kier alpha value is -2.82. The minimum atomic E-state index is -4.80. The summed E-state index contributed by atoms with van der Waals surface area (Å²) in [6.45, 7) is 1.43. The summed E-state index contributed by atoms with van der Waals surface area (Å²) in [4.78, 5) is 10.1. The fourth-order valence-corrected chi connectivity index (χ4v) is 2.47. The minimum Gasteiger partial charge on any atom is -0.413 e. The molecule has 0 aliphatic heterocycles. The Balaban J connectivity index is 2.66. The van der Waals surface area contributed by atoms with E-state index in [9.17, 15) is 27.7 Å². The van der Waals surface area contributed by atoms with Gasteiger partial charge in [-0.15, -0.1) is 0 Å². The van der Waals surface area contributed by atoms with Crippen LogP contribution >= 0.6 is 12.0 Å².